The molecule has 2 rings (SSSR count). The van der Waals surface area contributed by atoms with E-state index in [1.54, 1.807) is 7.11 Å². The SMILES string of the molecule is COc1ccc(CCCC(=O)NC[C@H]2CCCCCN2)cc1. The molecule has 0 aliphatic carbocycles. The zero-order chi connectivity index (χ0) is 15.6. The molecule has 0 radical (unpaired) electrons. The Kier molecular flexibility index (Phi) is 7.23. The average Bonchev–Trinajstić information content (AvgIpc) is 2.82. The minimum absolute atomic E-state index is 0.166. The van der Waals surface area contributed by atoms with Crippen LogP contribution in [0.3, 0.4) is 0 Å². The molecule has 22 heavy (non-hydrogen) atoms. The van der Waals surface area contributed by atoms with Crippen molar-refractivity contribution in [2.75, 3.05) is 20.2 Å². The van der Waals surface area contributed by atoms with Crippen LogP contribution in [-0.4, -0.2) is 32.1 Å². The summed E-state index contributed by atoms with van der Waals surface area (Å²) >= 11 is 0. The number of hydrogen-bond acceptors (Lipinski definition) is 3. The van der Waals surface area contributed by atoms with E-state index in [4.69, 9.17) is 4.74 Å². The molecule has 0 aromatic heterocycles. The van der Waals surface area contributed by atoms with Gasteiger partial charge in [-0.1, -0.05) is 25.0 Å². The van der Waals surface area contributed by atoms with Crippen LogP contribution < -0.4 is 15.4 Å². The minimum Gasteiger partial charge on any atom is -0.497 e. The first-order valence-corrected chi connectivity index (χ1v) is 8.41. The number of carbonyl (C=O) groups excluding carboxylic acids is 1. The summed E-state index contributed by atoms with van der Waals surface area (Å²) in [6.07, 6.45) is 7.41. The highest BCUT2D eigenvalue weighted by Gasteiger charge is 2.12. The Labute approximate surface area is 133 Å². The van der Waals surface area contributed by atoms with Crippen molar-refractivity contribution in [2.24, 2.45) is 0 Å². The van der Waals surface area contributed by atoms with E-state index in [2.05, 4.69) is 22.8 Å². The summed E-state index contributed by atoms with van der Waals surface area (Å²) in [7, 11) is 1.67. The Morgan fingerprint density at radius 1 is 1.27 bits per heavy atom. The minimum atomic E-state index is 0.166. The van der Waals surface area contributed by atoms with E-state index >= 15 is 0 Å². The Morgan fingerprint density at radius 3 is 2.86 bits per heavy atom. The first-order chi connectivity index (χ1) is 10.8. The molecule has 1 aliphatic heterocycles. The van der Waals surface area contributed by atoms with Gasteiger partial charge >= 0.3 is 0 Å². The Morgan fingerprint density at radius 2 is 2.09 bits per heavy atom. The van der Waals surface area contributed by atoms with Crippen LogP contribution in [-0.2, 0) is 11.2 Å². The molecule has 1 atom stereocenters. The van der Waals surface area contributed by atoms with Gasteiger partial charge in [-0.3, -0.25) is 4.79 Å². The summed E-state index contributed by atoms with van der Waals surface area (Å²) in [5, 5.41) is 6.57. The summed E-state index contributed by atoms with van der Waals surface area (Å²) in [5.74, 6) is 1.04. The number of benzene rings is 1. The summed E-state index contributed by atoms with van der Waals surface area (Å²) < 4.78 is 5.14. The molecule has 0 spiro atoms. The number of nitrogens with one attached hydrogen (secondary N) is 2. The molecule has 4 heteroatoms. The van der Waals surface area contributed by atoms with E-state index in [9.17, 15) is 4.79 Å². The van der Waals surface area contributed by atoms with Crippen LogP contribution >= 0.6 is 0 Å². The summed E-state index contributed by atoms with van der Waals surface area (Å²) in [5.41, 5.74) is 1.25. The second-order valence-corrected chi connectivity index (χ2v) is 6.01. The topological polar surface area (TPSA) is 50.4 Å². The number of methoxy groups -OCH3 is 1. The van der Waals surface area contributed by atoms with Crippen LogP contribution in [0.2, 0.25) is 0 Å². The van der Waals surface area contributed by atoms with E-state index in [-0.39, 0.29) is 5.91 Å². The molecule has 1 fully saturated rings. The van der Waals surface area contributed by atoms with Crippen LogP contribution in [0.4, 0.5) is 0 Å². The zero-order valence-electron chi connectivity index (χ0n) is 13.6. The number of ether oxygens (including phenoxy) is 1. The fraction of sp³-hybridized carbons (Fsp3) is 0.611. The van der Waals surface area contributed by atoms with Gasteiger partial charge in [-0.25, -0.2) is 0 Å². The van der Waals surface area contributed by atoms with Gasteiger partial charge in [0.1, 0.15) is 5.75 Å². The van der Waals surface area contributed by atoms with E-state index in [0.29, 0.717) is 12.5 Å². The summed E-state index contributed by atoms with van der Waals surface area (Å²) in [6, 6.07) is 8.51. The van der Waals surface area contributed by atoms with Crippen LogP contribution in [0.15, 0.2) is 24.3 Å². The Bertz CT molecular complexity index is 437. The van der Waals surface area contributed by atoms with E-state index in [0.717, 1.165) is 31.7 Å². The Hall–Kier alpha value is -1.55. The van der Waals surface area contributed by atoms with Gasteiger partial charge in [0.15, 0.2) is 0 Å². The third-order valence-electron chi connectivity index (χ3n) is 4.24. The number of aryl methyl sites for hydroxylation is 1. The lowest BCUT2D eigenvalue weighted by Crippen LogP contribution is -2.40. The molecule has 1 aromatic rings. The molecule has 1 amide bonds. The molecule has 1 aromatic carbocycles. The second kappa shape index (κ2) is 9.46. The first kappa shape index (κ1) is 16.8. The van der Waals surface area contributed by atoms with Crippen molar-refractivity contribution in [3.05, 3.63) is 29.8 Å². The van der Waals surface area contributed by atoms with Crippen molar-refractivity contribution in [3.63, 3.8) is 0 Å². The van der Waals surface area contributed by atoms with Gasteiger partial charge in [0.05, 0.1) is 7.11 Å². The van der Waals surface area contributed by atoms with Crippen molar-refractivity contribution in [1.29, 1.82) is 0 Å². The maximum atomic E-state index is 11.9. The van der Waals surface area contributed by atoms with Gasteiger partial charge in [-0.05, 0) is 49.9 Å². The number of rotatable bonds is 7. The van der Waals surface area contributed by atoms with Gasteiger partial charge in [-0.15, -0.1) is 0 Å². The smallest absolute Gasteiger partial charge is 0.220 e. The largest absolute Gasteiger partial charge is 0.497 e. The molecule has 1 aliphatic rings. The van der Waals surface area contributed by atoms with Crippen LogP contribution in [0, 0.1) is 0 Å². The predicted octanol–water partition coefficient (Wildman–Crippen LogP) is 2.67. The van der Waals surface area contributed by atoms with Crippen molar-refractivity contribution in [2.45, 2.75) is 51.0 Å². The average molecular weight is 304 g/mol. The third-order valence-corrected chi connectivity index (χ3v) is 4.24. The van der Waals surface area contributed by atoms with Gasteiger partial charge in [0, 0.05) is 19.0 Å². The summed E-state index contributed by atoms with van der Waals surface area (Å²) in [6.45, 7) is 1.85. The number of hydrogen-bond donors (Lipinski definition) is 2. The predicted molar refractivity (Wildman–Crippen MR) is 89.2 cm³/mol. The highest BCUT2D eigenvalue weighted by molar-refractivity contribution is 5.75. The van der Waals surface area contributed by atoms with E-state index in [1.807, 2.05) is 12.1 Å². The first-order valence-electron chi connectivity index (χ1n) is 8.41. The summed E-state index contributed by atoms with van der Waals surface area (Å²) in [4.78, 5) is 11.9. The number of carbonyl (C=O) groups is 1. The molecule has 1 saturated heterocycles. The Balaban J connectivity index is 1.60. The monoisotopic (exact) mass is 304 g/mol. The maximum absolute atomic E-state index is 11.9. The molecular weight excluding hydrogens is 276 g/mol. The van der Waals surface area contributed by atoms with Gasteiger partial charge in [-0.2, -0.15) is 0 Å². The van der Waals surface area contributed by atoms with Crippen molar-refractivity contribution in [3.8, 4) is 5.75 Å². The maximum Gasteiger partial charge on any atom is 0.220 e. The second-order valence-electron chi connectivity index (χ2n) is 6.01. The molecule has 4 nitrogen and oxygen atoms in total. The normalized spacial score (nSPS) is 18.5. The van der Waals surface area contributed by atoms with Gasteiger partial charge in [0.2, 0.25) is 5.91 Å². The van der Waals surface area contributed by atoms with E-state index < -0.39 is 0 Å². The molecule has 0 saturated carbocycles. The lowest BCUT2D eigenvalue weighted by atomic mass is 10.1. The fourth-order valence-corrected chi connectivity index (χ4v) is 2.85. The zero-order valence-corrected chi connectivity index (χ0v) is 13.6. The van der Waals surface area contributed by atoms with Crippen LogP contribution in [0.25, 0.3) is 0 Å². The van der Waals surface area contributed by atoms with Gasteiger partial charge < -0.3 is 15.4 Å². The molecule has 2 N–H and O–H groups in total. The lowest BCUT2D eigenvalue weighted by molar-refractivity contribution is -0.121. The van der Waals surface area contributed by atoms with E-state index in [1.165, 1.54) is 31.2 Å². The van der Waals surface area contributed by atoms with Crippen LogP contribution in [0.1, 0.15) is 44.1 Å². The molecule has 122 valence electrons. The molecule has 0 bridgehead atoms. The third kappa shape index (κ3) is 6.06. The highest BCUT2D eigenvalue weighted by atomic mass is 16.5. The standard InChI is InChI=1S/C18H28N2O2/c1-22-17-11-9-15(10-12-17)6-5-8-18(21)20-14-16-7-3-2-4-13-19-16/h9-12,16,19H,2-8,13-14H2,1H3,(H,20,21)/t16-/m1/s1. The quantitative estimate of drug-likeness (QED) is 0.814. The van der Waals surface area contributed by atoms with Crippen LogP contribution in [0.5, 0.6) is 5.75 Å². The number of amides is 1. The molecule has 0 unspecified atom stereocenters. The van der Waals surface area contributed by atoms with Crippen molar-refractivity contribution >= 4 is 5.91 Å². The van der Waals surface area contributed by atoms with Crippen molar-refractivity contribution < 1.29 is 9.53 Å². The molecular formula is C18H28N2O2. The highest BCUT2D eigenvalue weighted by Crippen LogP contribution is 2.13. The van der Waals surface area contributed by atoms with Crippen molar-refractivity contribution in [1.82, 2.24) is 10.6 Å². The van der Waals surface area contributed by atoms with Gasteiger partial charge in [0.25, 0.3) is 0 Å². The lowest BCUT2D eigenvalue weighted by Gasteiger charge is -2.16. The fourth-order valence-electron chi connectivity index (χ4n) is 2.85. The molecule has 1 heterocycles.